The highest BCUT2D eigenvalue weighted by molar-refractivity contribution is 5.86. The zero-order chi connectivity index (χ0) is 15.2. The summed E-state index contributed by atoms with van der Waals surface area (Å²) < 4.78 is 0. The van der Waals surface area contributed by atoms with Crippen LogP contribution in [0.3, 0.4) is 0 Å². The summed E-state index contributed by atoms with van der Waals surface area (Å²) in [4.78, 5) is 16.1. The minimum Gasteiger partial charge on any atom is -0.340 e. The first kappa shape index (κ1) is 13.7. The predicted octanol–water partition coefficient (Wildman–Crippen LogP) is 0.439. The van der Waals surface area contributed by atoms with Gasteiger partial charge < -0.3 is 15.6 Å². The topological polar surface area (TPSA) is 77.5 Å². The number of nitrogens with zero attached hydrogens (tertiary/aromatic N) is 4. The first-order chi connectivity index (χ1) is 11.3. The highest BCUT2D eigenvalue weighted by Crippen LogP contribution is 2.35. The van der Waals surface area contributed by atoms with Crippen molar-refractivity contribution in [3.05, 3.63) is 12.3 Å². The Balaban J connectivity index is 1.30. The molecule has 7 heteroatoms. The van der Waals surface area contributed by atoms with Crippen LogP contribution in [0.1, 0.15) is 19.3 Å². The number of aliphatic imine (C=N–C) groups is 1. The van der Waals surface area contributed by atoms with Gasteiger partial charge in [-0.2, -0.15) is 4.98 Å². The molecule has 23 heavy (non-hydrogen) atoms. The summed E-state index contributed by atoms with van der Waals surface area (Å²) in [6.07, 6.45) is 5.49. The number of nitrogens with one attached hydrogen (secondary N) is 3. The normalized spacial score (nSPS) is 34.9. The molecule has 0 radical (unpaired) electrons. The van der Waals surface area contributed by atoms with Crippen LogP contribution in [-0.2, 0) is 0 Å². The third-order valence-electron chi connectivity index (χ3n) is 5.56. The molecule has 0 aromatic carbocycles. The molecule has 5 rings (SSSR count). The minimum atomic E-state index is 0.542. The average Bonchev–Trinajstić information content (AvgIpc) is 2.95. The zero-order valence-electron chi connectivity index (χ0n) is 13.2. The molecule has 1 aromatic rings. The predicted molar refractivity (Wildman–Crippen MR) is 88.6 cm³/mol. The van der Waals surface area contributed by atoms with Gasteiger partial charge in [-0.3, -0.25) is 0 Å². The molecule has 1 unspecified atom stereocenters. The van der Waals surface area contributed by atoms with Gasteiger partial charge in [0.25, 0.3) is 0 Å². The number of hydrogen-bond acceptors (Lipinski definition) is 6. The number of fused-ring (bicyclic) bond motifs is 1. The van der Waals surface area contributed by atoms with Crippen molar-refractivity contribution in [2.24, 2.45) is 22.7 Å². The molecule has 0 spiro atoms. The van der Waals surface area contributed by atoms with Crippen LogP contribution in [0.2, 0.25) is 0 Å². The first-order valence-electron chi connectivity index (χ1n) is 8.73. The first-order valence-corrected chi connectivity index (χ1v) is 8.73. The van der Waals surface area contributed by atoms with Crippen molar-refractivity contribution in [1.29, 1.82) is 0 Å². The van der Waals surface area contributed by atoms with Gasteiger partial charge in [0.2, 0.25) is 5.95 Å². The maximum Gasteiger partial charge on any atom is 0.227 e. The summed E-state index contributed by atoms with van der Waals surface area (Å²) >= 11 is 0. The molecule has 3 atom stereocenters. The Morgan fingerprint density at radius 3 is 2.74 bits per heavy atom. The molecule has 4 aliphatic rings. The summed E-state index contributed by atoms with van der Waals surface area (Å²) in [5.74, 6) is 4.89. The van der Waals surface area contributed by atoms with Crippen molar-refractivity contribution in [3.8, 4) is 0 Å². The summed E-state index contributed by atoms with van der Waals surface area (Å²) in [7, 11) is 0. The maximum absolute atomic E-state index is 4.68. The van der Waals surface area contributed by atoms with Crippen LogP contribution < -0.4 is 21.1 Å². The molecule has 3 N–H and O–H groups in total. The van der Waals surface area contributed by atoms with Crippen molar-refractivity contribution in [2.45, 2.75) is 25.3 Å². The quantitative estimate of drug-likeness (QED) is 0.752. The van der Waals surface area contributed by atoms with Crippen LogP contribution >= 0.6 is 0 Å². The van der Waals surface area contributed by atoms with Crippen LogP contribution in [0, 0.1) is 17.8 Å². The fourth-order valence-corrected chi connectivity index (χ4v) is 4.05. The minimum absolute atomic E-state index is 0.542. The lowest BCUT2D eigenvalue weighted by atomic mass is 10.0. The van der Waals surface area contributed by atoms with Gasteiger partial charge in [0, 0.05) is 50.9 Å². The lowest BCUT2D eigenvalue weighted by Gasteiger charge is -2.17. The van der Waals surface area contributed by atoms with Gasteiger partial charge in [-0.15, -0.1) is 0 Å². The van der Waals surface area contributed by atoms with E-state index in [0.717, 1.165) is 68.0 Å². The van der Waals surface area contributed by atoms with E-state index in [1.807, 2.05) is 12.3 Å². The lowest BCUT2D eigenvalue weighted by molar-refractivity contribution is 0.504. The summed E-state index contributed by atoms with van der Waals surface area (Å²) in [5.41, 5.74) is 6.56. The fourth-order valence-electron chi connectivity index (χ4n) is 4.05. The molecular formula is C16H23N7. The number of rotatable bonds is 3. The van der Waals surface area contributed by atoms with Crippen LogP contribution in [0.5, 0.6) is 0 Å². The van der Waals surface area contributed by atoms with E-state index in [0.29, 0.717) is 6.04 Å². The highest BCUT2D eigenvalue weighted by atomic mass is 15.4. The standard InChI is InChI=1S/C16H23N7/c1-2-10(1)13-5-15(22-21-13)19-14-3-4-18-16(20-14)23-8-11-6-17-7-12(11)9-23/h3-4,10-13,17,21H,1-2,5-9H2,(H,18,19,20,22)/t11-,12+,13?. The van der Waals surface area contributed by atoms with Crippen molar-refractivity contribution >= 4 is 17.6 Å². The van der Waals surface area contributed by atoms with E-state index in [2.05, 4.69) is 36.0 Å². The monoisotopic (exact) mass is 313 g/mol. The summed E-state index contributed by atoms with van der Waals surface area (Å²) in [6.45, 7) is 4.37. The number of anilines is 1. The van der Waals surface area contributed by atoms with Crippen LogP contribution in [0.15, 0.2) is 17.3 Å². The highest BCUT2D eigenvalue weighted by Gasteiger charge is 2.37. The van der Waals surface area contributed by atoms with Crippen molar-refractivity contribution < 1.29 is 0 Å². The third kappa shape index (κ3) is 2.68. The number of hydrogen-bond donors (Lipinski definition) is 3. The zero-order valence-corrected chi connectivity index (χ0v) is 13.2. The van der Waals surface area contributed by atoms with Gasteiger partial charge in [0.05, 0.1) is 0 Å². The third-order valence-corrected chi connectivity index (χ3v) is 5.56. The van der Waals surface area contributed by atoms with E-state index in [1.54, 1.807) is 0 Å². The smallest absolute Gasteiger partial charge is 0.227 e. The molecule has 122 valence electrons. The molecule has 0 amide bonds. The van der Waals surface area contributed by atoms with E-state index >= 15 is 0 Å². The van der Waals surface area contributed by atoms with E-state index in [9.17, 15) is 0 Å². The van der Waals surface area contributed by atoms with E-state index < -0.39 is 0 Å². The second kappa shape index (κ2) is 5.42. The van der Waals surface area contributed by atoms with Crippen molar-refractivity contribution in [3.63, 3.8) is 0 Å². The molecule has 3 saturated heterocycles. The summed E-state index contributed by atoms with van der Waals surface area (Å²) in [5, 5.41) is 3.47. The molecule has 3 aliphatic heterocycles. The Labute approximate surface area is 136 Å². The van der Waals surface area contributed by atoms with Gasteiger partial charge in [-0.1, -0.05) is 0 Å². The van der Waals surface area contributed by atoms with Gasteiger partial charge >= 0.3 is 0 Å². The van der Waals surface area contributed by atoms with E-state index in [4.69, 9.17) is 0 Å². The van der Waals surface area contributed by atoms with Gasteiger partial charge in [0.1, 0.15) is 5.84 Å². The number of aromatic nitrogens is 2. The van der Waals surface area contributed by atoms with Crippen LogP contribution in [0.25, 0.3) is 0 Å². The second-order valence-corrected chi connectivity index (χ2v) is 7.27. The molecule has 0 bridgehead atoms. The average molecular weight is 313 g/mol. The van der Waals surface area contributed by atoms with Gasteiger partial charge in [0.15, 0.2) is 5.82 Å². The number of hydrazine groups is 1. The molecule has 7 nitrogen and oxygen atoms in total. The molecule has 1 aliphatic carbocycles. The lowest BCUT2D eigenvalue weighted by Crippen LogP contribution is -2.32. The van der Waals surface area contributed by atoms with E-state index in [-0.39, 0.29) is 0 Å². The molecule has 4 fully saturated rings. The molecule has 1 aromatic heterocycles. The Morgan fingerprint density at radius 2 is 1.96 bits per heavy atom. The Morgan fingerprint density at radius 1 is 1.13 bits per heavy atom. The largest absolute Gasteiger partial charge is 0.340 e. The Hall–Kier alpha value is -1.73. The second-order valence-electron chi connectivity index (χ2n) is 7.27. The fraction of sp³-hybridized carbons (Fsp3) is 0.688. The van der Waals surface area contributed by atoms with Gasteiger partial charge in [-0.25, -0.2) is 15.4 Å². The molecule has 4 heterocycles. The van der Waals surface area contributed by atoms with Crippen molar-refractivity contribution in [2.75, 3.05) is 31.1 Å². The van der Waals surface area contributed by atoms with E-state index in [1.165, 1.54) is 12.8 Å². The SMILES string of the molecule is c1cc(N=C2CC(C3CC3)NN2)nc(N2C[C@H]3CNC[C@H]3C2)n1. The molecular weight excluding hydrogens is 290 g/mol. The number of amidine groups is 1. The Kier molecular flexibility index (Phi) is 3.22. The van der Waals surface area contributed by atoms with Crippen LogP contribution in [0.4, 0.5) is 11.8 Å². The maximum atomic E-state index is 4.68. The Bertz CT molecular complexity index is 615. The van der Waals surface area contributed by atoms with Crippen molar-refractivity contribution in [1.82, 2.24) is 26.1 Å². The molecule has 1 saturated carbocycles. The summed E-state index contributed by atoms with van der Waals surface area (Å²) in [6, 6.07) is 2.43. The van der Waals surface area contributed by atoms with Gasteiger partial charge in [-0.05, 0) is 30.6 Å². The van der Waals surface area contributed by atoms with Crippen LogP contribution in [-0.4, -0.2) is 48.0 Å².